The quantitative estimate of drug-likeness (QED) is 0.143. The van der Waals surface area contributed by atoms with E-state index in [1.54, 1.807) is 0 Å². The lowest BCUT2D eigenvalue weighted by atomic mass is 9.82. The van der Waals surface area contributed by atoms with Gasteiger partial charge in [0.1, 0.15) is 37.3 Å². The molecule has 3 atom stereocenters. The highest BCUT2D eigenvalue weighted by Crippen LogP contribution is 2.46. The van der Waals surface area contributed by atoms with E-state index < -0.39 is 0 Å². The molecule has 0 fully saturated rings. The molecule has 10 aromatic carbocycles. The van der Waals surface area contributed by atoms with Crippen molar-refractivity contribution in [1.82, 2.24) is 0 Å². The molecule has 13 heteroatoms. The van der Waals surface area contributed by atoms with Crippen molar-refractivity contribution in [2.45, 2.75) is 380 Å². The first kappa shape index (κ1) is 140. The van der Waals surface area contributed by atoms with Crippen LogP contribution in [0, 0.1) is 49.7 Å². The smallest absolute Gasteiger partial charge is 0.246 e. The van der Waals surface area contributed by atoms with Crippen LogP contribution in [-0.4, -0.2) is 70.5 Å². The summed E-state index contributed by atoms with van der Waals surface area (Å²) < 4.78 is 75.9. The van der Waals surface area contributed by atoms with Crippen LogP contribution in [0.15, 0.2) is 206 Å². The third-order valence-electron chi connectivity index (χ3n) is 20.7. The van der Waals surface area contributed by atoms with Crippen LogP contribution >= 0.6 is 0 Å². The van der Waals surface area contributed by atoms with Crippen LogP contribution in [0.5, 0.6) is 74.7 Å². The van der Waals surface area contributed by atoms with Gasteiger partial charge in [0, 0.05) is 33.5 Å². The molecule has 0 saturated carbocycles. The third kappa shape index (κ3) is 45.0. The van der Waals surface area contributed by atoms with Gasteiger partial charge in [0.05, 0.1) is 26.4 Å². The van der Waals surface area contributed by atoms with Gasteiger partial charge in [-0.15, -0.1) is 0 Å². The fourth-order valence-corrected chi connectivity index (χ4v) is 12.8. The lowest BCUT2D eigenvalue weighted by Gasteiger charge is -2.35. The molecule has 13 nitrogen and oxygen atoms in total. The molecular formula is C124H208O13. The maximum absolute atomic E-state index is 6.08. The zero-order valence-electron chi connectivity index (χ0n) is 89.1. The Kier molecular flexibility index (Phi) is 71.8. The molecule has 0 radical (unpaired) electrons. The van der Waals surface area contributed by atoms with E-state index in [1.807, 2.05) is 254 Å². The van der Waals surface area contributed by atoms with Gasteiger partial charge in [0.2, 0.25) is 12.6 Å². The van der Waals surface area contributed by atoms with Gasteiger partial charge in [0.25, 0.3) is 0 Å². The highest BCUT2D eigenvalue weighted by atomic mass is 16.7. The summed E-state index contributed by atoms with van der Waals surface area (Å²) in [6.07, 6.45) is 2.53. The zero-order chi connectivity index (χ0) is 99.0. The molecule has 0 spiro atoms. The number of hydrogen-bond acceptors (Lipinski definition) is 13. The van der Waals surface area contributed by atoms with Gasteiger partial charge >= 0.3 is 0 Å². The average Bonchev–Trinajstić information content (AvgIpc) is 1.66. The van der Waals surface area contributed by atoms with Crippen molar-refractivity contribution < 1.29 is 61.6 Å². The third-order valence-corrected chi connectivity index (χ3v) is 20.7. The zero-order valence-corrected chi connectivity index (χ0v) is 89.1. The van der Waals surface area contributed by atoms with E-state index in [-0.39, 0.29) is 115 Å². The first-order valence-corrected chi connectivity index (χ1v) is 49.3. The largest absolute Gasteiger partial charge is 0.490 e. The molecular weight excluding hydrogens is 1700 g/mol. The van der Waals surface area contributed by atoms with E-state index >= 15 is 0 Å². The van der Waals surface area contributed by atoms with E-state index in [1.165, 1.54) is 37.9 Å². The lowest BCUT2D eigenvalue weighted by molar-refractivity contribution is -0.0396. The maximum atomic E-state index is 6.08. The number of para-hydroxylation sites is 7. The van der Waals surface area contributed by atoms with Crippen molar-refractivity contribution in [1.29, 1.82) is 0 Å². The van der Waals surface area contributed by atoms with Gasteiger partial charge in [0.15, 0.2) is 69.0 Å². The van der Waals surface area contributed by atoms with Crippen molar-refractivity contribution in [3.05, 3.63) is 212 Å². The first-order valence-electron chi connectivity index (χ1n) is 49.3. The normalized spacial score (nSPS) is 14.8. The molecule has 7 heterocycles. The Balaban J connectivity index is -0.000000277. The molecule has 7 aliphatic rings. The van der Waals surface area contributed by atoms with Gasteiger partial charge in [-0.1, -0.05) is 463 Å². The summed E-state index contributed by atoms with van der Waals surface area (Å²) in [6.45, 7) is 89.9. The fourth-order valence-electron chi connectivity index (χ4n) is 12.8. The number of rotatable bonds is 0. The number of benzene rings is 10. The minimum Gasteiger partial charge on any atom is -0.490 e. The number of ether oxygens (including phenoxy) is 13. The van der Waals surface area contributed by atoms with E-state index in [9.17, 15) is 0 Å². The topological polar surface area (TPSA) is 120 Å². The molecule has 3 unspecified atom stereocenters. The van der Waals surface area contributed by atoms with Gasteiger partial charge < -0.3 is 61.6 Å². The summed E-state index contributed by atoms with van der Waals surface area (Å²) in [7, 11) is 0. The summed E-state index contributed by atoms with van der Waals surface area (Å²) in [6, 6.07) is 69.0. The first-order chi connectivity index (χ1) is 61.9. The van der Waals surface area contributed by atoms with Crippen LogP contribution < -0.4 is 61.6 Å². The van der Waals surface area contributed by atoms with Crippen LogP contribution in [0.3, 0.4) is 0 Å². The predicted octanol–water partition coefficient (Wildman–Crippen LogP) is 39.2. The van der Waals surface area contributed by atoms with Crippen molar-refractivity contribution in [2.75, 3.05) is 39.6 Å². The fraction of sp³-hybridized carbons (Fsp3) is 0.565. The molecule has 0 bridgehead atoms. The van der Waals surface area contributed by atoms with Crippen molar-refractivity contribution >= 4 is 32.3 Å². The second-order valence-corrected chi connectivity index (χ2v) is 37.2. The summed E-state index contributed by atoms with van der Waals surface area (Å²) in [4.78, 5) is 0. The van der Waals surface area contributed by atoms with Gasteiger partial charge in [-0.3, -0.25) is 0 Å². The van der Waals surface area contributed by atoms with Crippen LogP contribution in [-0.2, 0) is 6.42 Å². The average molecular weight is 1910 g/mol. The highest BCUT2D eigenvalue weighted by Gasteiger charge is 2.39. The molecule has 17 rings (SSSR count). The van der Waals surface area contributed by atoms with Gasteiger partial charge in [-0.2, -0.15) is 0 Å². The summed E-state index contributed by atoms with van der Waals surface area (Å²) in [5.74, 6) is 12.2. The van der Waals surface area contributed by atoms with E-state index in [0.717, 1.165) is 114 Å². The monoisotopic (exact) mass is 1910 g/mol. The van der Waals surface area contributed by atoms with Crippen molar-refractivity contribution in [2.24, 2.45) is 49.7 Å². The Labute approximate surface area is 844 Å². The molecule has 137 heavy (non-hydrogen) atoms. The van der Waals surface area contributed by atoms with Crippen molar-refractivity contribution in [3.63, 3.8) is 0 Å². The summed E-state index contributed by atoms with van der Waals surface area (Å²) in [5, 5.41) is 7.13. The highest BCUT2D eigenvalue weighted by molar-refractivity contribution is 5.88. The lowest BCUT2D eigenvalue weighted by Crippen LogP contribution is -2.39. The second kappa shape index (κ2) is 70.1. The van der Waals surface area contributed by atoms with Crippen LogP contribution in [0.2, 0.25) is 0 Å². The van der Waals surface area contributed by atoms with Gasteiger partial charge in [-0.25, -0.2) is 0 Å². The minimum absolute atomic E-state index is 0. The molecule has 0 amide bonds. The number of aryl methyl sites for hydroxylation is 1. The Bertz CT molecular complexity index is 4470. The maximum Gasteiger partial charge on any atom is 0.246 e. The van der Waals surface area contributed by atoms with E-state index in [0.29, 0.717) is 31.2 Å². The summed E-state index contributed by atoms with van der Waals surface area (Å²) in [5.41, 5.74) is 2.21. The molecule has 0 aliphatic carbocycles. The minimum atomic E-state index is -0.200. The van der Waals surface area contributed by atoms with Crippen molar-refractivity contribution in [3.8, 4) is 74.7 Å². The van der Waals surface area contributed by atoms with E-state index in [2.05, 4.69) is 236 Å². The van der Waals surface area contributed by atoms with Crippen LogP contribution in [0.1, 0.15) is 348 Å². The molecule has 0 N–H and O–H groups in total. The van der Waals surface area contributed by atoms with E-state index in [4.69, 9.17) is 61.6 Å². The Morgan fingerprint density at radius 1 is 0.182 bits per heavy atom. The Morgan fingerprint density at radius 3 is 0.650 bits per heavy atom. The molecule has 0 saturated heterocycles. The standard InChI is InChI=1S/C17H20O2.C16H18O2.C15H16O2.C13H18O2.C13H18O.C12H16O2.C11H14O2.10C2H6.7CH4/c1-17(2,3)14-10-18-15-8-12-6-4-5-7-13(12)9-16(15)19-11-14;1-16(2,3)15-10-17-13-8-11-6-4-5-7-12(11)9-14(13)18-15;1-15(2,3)14-16-12-8-10-6-4-5-7-11(10)9-13(12)17-14;1-13(2,3)10-8-14-11-6-4-5-7-12(11)15-9-10;1-13(2,3)12-9-8-10-6-4-5-7-11(10)14-12;1-12(2,3)11-8-13-9-6-4-5-7-10(9)14-11;1-11(2,3)10-12-8-6-4-5-7-9(8)13-10;10*1-2;;;;;;;/h4-9,14H,10-11H2,1-3H3;4-9,15H,10H2,1-3H3;4-9,14H,1-3H3;4-7,10H,8-9H2,1-3H3;4-7,12H,8-9H2,1-3H3;4-7,11H,8H2,1-3H3;4-7,10H,1-3H3;10*1-2H3;7*1H4. The predicted molar refractivity (Wildman–Crippen MR) is 606 cm³/mol. The number of fused-ring (bicyclic) bond motifs is 10. The van der Waals surface area contributed by atoms with Gasteiger partial charge in [-0.05, 0) is 146 Å². The van der Waals surface area contributed by atoms with Crippen LogP contribution in [0.25, 0.3) is 32.3 Å². The van der Waals surface area contributed by atoms with Crippen LogP contribution in [0.4, 0.5) is 0 Å². The Hall–Kier alpha value is -9.62. The molecule has 7 aliphatic heterocycles. The second-order valence-electron chi connectivity index (χ2n) is 37.2. The molecule has 782 valence electrons. The Morgan fingerprint density at radius 2 is 0.372 bits per heavy atom. The molecule has 10 aromatic rings. The number of hydrogen-bond donors (Lipinski definition) is 0. The summed E-state index contributed by atoms with van der Waals surface area (Å²) >= 11 is 0. The SMILES string of the molecule is C.C.C.C.C.C.C.CC.CC.CC.CC.CC.CC.CC.CC.CC.CC.CC(C)(C)C1CCc2ccccc2O1.CC(C)(C)C1COc2cc3ccccc3cc2O1.CC(C)(C)C1COc2cc3ccccc3cc2OC1.CC(C)(C)C1COc2ccccc2O1.CC(C)(C)C1COc2ccccc2OC1.CC(C)(C)C1Oc2cc3ccccc3cc2O1.CC(C)(C)C1Oc2ccccc2O1. The molecule has 0 aromatic heterocycles.